The number of anilines is 2. The van der Waals surface area contributed by atoms with Crippen molar-refractivity contribution >= 4 is 34.0 Å². The smallest absolute Gasteiger partial charge is 0.262 e. The van der Waals surface area contributed by atoms with Crippen LogP contribution in [0.2, 0.25) is 0 Å². The quantitative estimate of drug-likeness (QED) is 0.608. The molecule has 2 N–H and O–H groups in total. The molecule has 0 saturated heterocycles. The minimum atomic E-state index is -0.545. The number of para-hydroxylation sites is 2. The number of hydrogen-bond acceptors (Lipinski definition) is 6. The highest BCUT2D eigenvalue weighted by Gasteiger charge is 2.16. The molecule has 1 heterocycles. The molecule has 0 fully saturated rings. The van der Waals surface area contributed by atoms with Crippen molar-refractivity contribution in [1.82, 2.24) is 10.2 Å². The predicted molar refractivity (Wildman–Crippen MR) is 109 cm³/mol. The SMILES string of the molecule is CC(C)c1nnc(NC(=O)c2ccccc2OCC(=O)Nc2ccccc2F)s1. The summed E-state index contributed by atoms with van der Waals surface area (Å²) in [4.78, 5) is 24.6. The lowest BCUT2D eigenvalue weighted by Crippen LogP contribution is -2.22. The first-order valence-corrected chi connectivity index (χ1v) is 9.66. The summed E-state index contributed by atoms with van der Waals surface area (Å²) in [6.45, 7) is 3.60. The first-order chi connectivity index (χ1) is 13.9. The number of nitrogens with one attached hydrogen (secondary N) is 2. The fraction of sp³-hybridized carbons (Fsp3) is 0.200. The summed E-state index contributed by atoms with van der Waals surface area (Å²) in [5.41, 5.74) is 0.303. The Morgan fingerprint density at radius 1 is 1.07 bits per heavy atom. The van der Waals surface area contributed by atoms with E-state index in [-0.39, 0.29) is 29.5 Å². The lowest BCUT2D eigenvalue weighted by atomic mass is 10.2. The Balaban J connectivity index is 1.64. The second kappa shape index (κ2) is 9.24. The monoisotopic (exact) mass is 414 g/mol. The van der Waals surface area contributed by atoms with Gasteiger partial charge in [-0.3, -0.25) is 14.9 Å². The van der Waals surface area contributed by atoms with Crippen LogP contribution < -0.4 is 15.4 Å². The van der Waals surface area contributed by atoms with Gasteiger partial charge in [-0.25, -0.2) is 4.39 Å². The van der Waals surface area contributed by atoms with E-state index in [0.29, 0.717) is 5.13 Å². The zero-order valence-corrected chi connectivity index (χ0v) is 16.6. The minimum absolute atomic E-state index is 0.0596. The number of halogens is 1. The van der Waals surface area contributed by atoms with Crippen molar-refractivity contribution < 1.29 is 18.7 Å². The van der Waals surface area contributed by atoms with Gasteiger partial charge in [-0.05, 0) is 24.3 Å². The Hall–Kier alpha value is -3.33. The molecule has 7 nitrogen and oxygen atoms in total. The summed E-state index contributed by atoms with van der Waals surface area (Å²) < 4.78 is 19.1. The second-order valence-corrected chi connectivity index (χ2v) is 7.38. The zero-order valence-electron chi connectivity index (χ0n) is 15.8. The summed E-state index contributed by atoms with van der Waals surface area (Å²) in [5.74, 6) is -1.08. The molecule has 0 spiro atoms. The van der Waals surface area contributed by atoms with E-state index in [4.69, 9.17) is 4.74 Å². The van der Waals surface area contributed by atoms with Gasteiger partial charge in [-0.2, -0.15) is 0 Å². The Morgan fingerprint density at radius 3 is 2.52 bits per heavy atom. The van der Waals surface area contributed by atoms with Crippen LogP contribution in [0.15, 0.2) is 48.5 Å². The van der Waals surface area contributed by atoms with Gasteiger partial charge < -0.3 is 10.1 Å². The van der Waals surface area contributed by atoms with E-state index in [1.54, 1.807) is 30.3 Å². The maximum absolute atomic E-state index is 13.6. The van der Waals surface area contributed by atoms with Crippen molar-refractivity contribution in [2.45, 2.75) is 19.8 Å². The molecule has 0 aliphatic heterocycles. The van der Waals surface area contributed by atoms with Crippen LogP contribution in [0.1, 0.15) is 35.1 Å². The maximum atomic E-state index is 13.6. The fourth-order valence-corrected chi connectivity index (χ4v) is 3.10. The van der Waals surface area contributed by atoms with E-state index in [9.17, 15) is 14.0 Å². The number of nitrogens with zero attached hydrogens (tertiary/aromatic N) is 2. The number of carbonyl (C=O) groups is 2. The van der Waals surface area contributed by atoms with Crippen LogP contribution >= 0.6 is 11.3 Å². The van der Waals surface area contributed by atoms with Gasteiger partial charge in [0.15, 0.2) is 6.61 Å². The summed E-state index contributed by atoms with van der Waals surface area (Å²) >= 11 is 1.30. The van der Waals surface area contributed by atoms with E-state index in [0.717, 1.165) is 5.01 Å². The Kier molecular flexibility index (Phi) is 6.50. The number of ether oxygens (including phenoxy) is 1. The molecule has 9 heteroatoms. The first kappa shape index (κ1) is 20.4. The summed E-state index contributed by atoms with van der Waals surface area (Å²) in [7, 11) is 0. The molecule has 3 aromatic rings. The van der Waals surface area contributed by atoms with Gasteiger partial charge in [-0.1, -0.05) is 49.4 Å². The van der Waals surface area contributed by atoms with Crippen LogP contribution in [0.25, 0.3) is 0 Å². The topological polar surface area (TPSA) is 93.2 Å². The first-order valence-electron chi connectivity index (χ1n) is 8.85. The van der Waals surface area contributed by atoms with Crippen molar-refractivity contribution in [2.24, 2.45) is 0 Å². The molecule has 0 saturated carbocycles. The number of aromatic nitrogens is 2. The second-order valence-electron chi connectivity index (χ2n) is 6.37. The Labute approximate surface area is 170 Å². The summed E-state index contributed by atoms with van der Waals surface area (Å²) in [6.07, 6.45) is 0. The molecule has 2 amide bonds. The molecule has 3 rings (SSSR count). The van der Waals surface area contributed by atoms with Crippen molar-refractivity contribution in [2.75, 3.05) is 17.2 Å². The van der Waals surface area contributed by atoms with Crippen LogP contribution in [-0.4, -0.2) is 28.6 Å². The standard InChI is InChI=1S/C20H19FN4O3S/c1-12(2)19-24-25-20(29-19)23-18(27)13-7-3-6-10-16(13)28-11-17(26)22-15-9-5-4-8-14(15)21/h3-10,12H,11H2,1-2H3,(H,22,26)(H,23,25,27). The molecular formula is C20H19FN4O3S. The van der Waals surface area contributed by atoms with Gasteiger partial charge in [0.05, 0.1) is 11.3 Å². The fourth-order valence-electron chi connectivity index (χ4n) is 2.36. The third-order valence-corrected chi connectivity index (χ3v) is 4.93. The highest BCUT2D eigenvalue weighted by Crippen LogP contribution is 2.24. The third kappa shape index (κ3) is 5.35. The molecule has 0 aliphatic rings. The molecule has 1 aromatic heterocycles. The van der Waals surface area contributed by atoms with Gasteiger partial charge in [0.2, 0.25) is 5.13 Å². The van der Waals surface area contributed by atoms with Gasteiger partial charge in [-0.15, -0.1) is 10.2 Å². The van der Waals surface area contributed by atoms with Crippen molar-refractivity contribution in [3.63, 3.8) is 0 Å². The summed E-state index contributed by atoms with van der Waals surface area (Å²) in [5, 5.41) is 14.3. The van der Waals surface area contributed by atoms with Crippen molar-refractivity contribution in [3.05, 3.63) is 64.9 Å². The van der Waals surface area contributed by atoms with Crippen molar-refractivity contribution in [3.8, 4) is 5.75 Å². The average molecular weight is 414 g/mol. The Bertz CT molecular complexity index is 1020. The molecule has 0 atom stereocenters. The molecule has 0 bridgehead atoms. The maximum Gasteiger partial charge on any atom is 0.262 e. The highest BCUT2D eigenvalue weighted by atomic mass is 32.1. The van der Waals surface area contributed by atoms with Gasteiger partial charge in [0, 0.05) is 5.92 Å². The van der Waals surface area contributed by atoms with Crippen LogP contribution in [0.5, 0.6) is 5.75 Å². The van der Waals surface area contributed by atoms with Crippen molar-refractivity contribution in [1.29, 1.82) is 0 Å². The lowest BCUT2D eigenvalue weighted by molar-refractivity contribution is -0.118. The predicted octanol–water partition coefficient (Wildman–Crippen LogP) is 4.07. The normalized spacial score (nSPS) is 10.6. The van der Waals surface area contributed by atoms with Crippen LogP contribution in [0, 0.1) is 5.82 Å². The molecule has 29 heavy (non-hydrogen) atoms. The Morgan fingerprint density at radius 2 is 1.79 bits per heavy atom. The van der Waals surface area contributed by atoms with E-state index in [1.165, 1.54) is 29.5 Å². The van der Waals surface area contributed by atoms with Crippen LogP contribution in [-0.2, 0) is 4.79 Å². The van der Waals surface area contributed by atoms with E-state index < -0.39 is 17.6 Å². The summed E-state index contributed by atoms with van der Waals surface area (Å²) in [6, 6.07) is 12.3. The molecule has 0 unspecified atom stereocenters. The minimum Gasteiger partial charge on any atom is -0.483 e. The molecule has 0 radical (unpaired) electrons. The van der Waals surface area contributed by atoms with E-state index >= 15 is 0 Å². The third-order valence-electron chi connectivity index (χ3n) is 3.79. The van der Waals surface area contributed by atoms with Crippen LogP contribution in [0.3, 0.4) is 0 Å². The molecule has 0 aliphatic carbocycles. The van der Waals surface area contributed by atoms with E-state index in [2.05, 4.69) is 20.8 Å². The van der Waals surface area contributed by atoms with E-state index in [1.807, 2.05) is 13.8 Å². The molecular weight excluding hydrogens is 395 g/mol. The number of benzene rings is 2. The largest absolute Gasteiger partial charge is 0.483 e. The number of rotatable bonds is 7. The lowest BCUT2D eigenvalue weighted by Gasteiger charge is -2.11. The number of carbonyl (C=O) groups excluding carboxylic acids is 2. The highest BCUT2D eigenvalue weighted by molar-refractivity contribution is 7.15. The van der Waals surface area contributed by atoms with Gasteiger partial charge in [0.25, 0.3) is 11.8 Å². The van der Waals surface area contributed by atoms with Crippen LogP contribution in [0.4, 0.5) is 15.2 Å². The van der Waals surface area contributed by atoms with Gasteiger partial charge >= 0.3 is 0 Å². The number of amides is 2. The number of hydrogen-bond donors (Lipinski definition) is 2. The average Bonchev–Trinajstić information content (AvgIpc) is 3.17. The van der Waals surface area contributed by atoms with Gasteiger partial charge in [0.1, 0.15) is 16.6 Å². The molecule has 150 valence electrons. The zero-order chi connectivity index (χ0) is 20.8. The molecule has 2 aromatic carbocycles.